The monoisotopic (exact) mass is 269 g/mol. The fourth-order valence-corrected chi connectivity index (χ4v) is 2.37. The Morgan fingerprint density at radius 2 is 2.29 bits per heavy atom. The van der Waals surface area contributed by atoms with Gasteiger partial charge in [-0.25, -0.2) is 0 Å². The minimum Gasteiger partial charge on any atom is -0.509 e. The van der Waals surface area contributed by atoms with Gasteiger partial charge in [-0.15, -0.1) is 13.0 Å². The Morgan fingerprint density at radius 1 is 1.64 bits per heavy atom. The second kappa shape index (κ2) is 3.94. The molecule has 0 aromatic heterocycles. The topological polar surface area (TPSA) is 40.5 Å². The van der Waals surface area contributed by atoms with Crippen LogP contribution in [0.2, 0.25) is 0 Å². The number of carbonyl (C=O) groups excluding carboxylic acids is 1. The number of amides is 1. The van der Waals surface area contributed by atoms with Gasteiger partial charge in [-0.1, -0.05) is 6.92 Å². The molecule has 1 unspecified atom stereocenters. The van der Waals surface area contributed by atoms with Crippen molar-refractivity contribution in [2.75, 3.05) is 6.54 Å². The van der Waals surface area contributed by atoms with Crippen molar-refractivity contribution in [1.82, 2.24) is 4.90 Å². The molecule has 0 bridgehead atoms. The molecule has 2 heterocycles. The molecule has 14 heavy (non-hydrogen) atoms. The zero-order valence-electron chi connectivity index (χ0n) is 8.58. The van der Waals surface area contributed by atoms with E-state index in [0.29, 0.717) is 12.1 Å². The normalized spacial score (nSPS) is 30.7. The van der Waals surface area contributed by atoms with Gasteiger partial charge in [0.1, 0.15) is 5.76 Å². The minimum absolute atomic E-state index is 0. The fourth-order valence-electron chi connectivity index (χ4n) is 2.37. The molecule has 4 heteroatoms. The first-order chi connectivity index (χ1) is 6.13. The Labute approximate surface area is 109 Å². The van der Waals surface area contributed by atoms with Crippen molar-refractivity contribution in [3.8, 4) is 0 Å². The van der Waals surface area contributed by atoms with E-state index < -0.39 is 0 Å². The van der Waals surface area contributed by atoms with E-state index in [-0.39, 0.29) is 49.9 Å². The Morgan fingerprint density at radius 3 is 2.79 bits per heavy atom. The van der Waals surface area contributed by atoms with Gasteiger partial charge in [0, 0.05) is 32.7 Å². The van der Waals surface area contributed by atoms with E-state index in [1.807, 2.05) is 6.92 Å². The molecule has 0 spiro atoms. The Balaban J connectivity index is 0.000000980. The van der Waals surface area contributed by atoms with Crippen LogP contribution in [-0.2, 0) is 37.5 Å². The summed E-state index contributed by atoms with van der Waals surface area (Å²) in [5.74, 6) is 0.279. The van der Waals surface area contributed by atoms with Crippen LogP contribution in [0.1, 0.15) is 26.7 Å². The molecule has 2 aliphatic rings. The summed E-state index contributed by atoms with van der Waals surface area (Å²) >= 11 is 0. The Hall–Kier alpha value is 0.114. The third-order valence-electron chi connectivity index (χ3n) is 3.26. The molecule has 75 valence electrons. The maximum atomic E-state index is 11.6. The summed E-state index contributed by atoms with van der Waals surface area (Å²) in [7, 11) is 0. The van der Waals surface area contributed by atoms with Crippen molar-refractivity contribution in [2.24, 2.45) is 0 Å². The van der Waals surface area contributed by atoms with E-state index in [4.69, 9.17) is 0 Å². The second-order valence-corrected chi connectivity index (χ2v) is 3.77. The number of nitrogens with zero attached hydrogens (tertiary/aromatic N) is 1. The molecule has 1 fully saturated rings. The summed E-state index contributed by atoms with van der Waals surface area (Å²) in [5.41, 5.74) is 0.135. The van der Waals surface area contributed by atoms with Gasteiger partial charge < -0.3 is 16.4 Å². The molecule has 2 aliphatic heterocycles. The fraction of sp³-hybridized carbons (Fsp3) is 0.600. The standard InChI is InChI=1S/C10H14NO2.Y/c1-3-10-5-4-6-11(10)9(13)7(2)8(10)12;/h4,12H,3,5-6H2,1-2H3;/q-1;. The van der Waals surface area contributed by atoms with Gasteiger partial charge in [0.15, 0.2) is 0 Å². The summed E-state index contributed by atoms with van der Waals surface area (Å²) in [6.45, 7) is 4.38. The summed E-state index contributed by atoms with van der Waals surface area (Å²) in [6.07, 6.45) is 3.64. The van der Waals surface area contributed by atoms with Crippen molar-refractivity contribution in [3.63, 3.8) is 0 Å². The average Bonchev–Trinajstić information content (AvgIpc) is 2.64. The molecule has 3 nitrogen and oxygen atoms in total. The smallest absolute Gasteiger partial charge is 0.251 e. The molecule has 1 atom stereocenters. The van der Waals surface area contributed by atoms with Crippen LogP contribution in [0, 0.1) is 6.42 Å². The molecular weight excluding hydrogens is 255 g/mol. The van der Waals surface area contributed by atoms with Crippen molar-refractivity contribution in [2.45, 2.75) is 32.2 Å². The first-order valence-corrected chi connectivity index (χ1v) is 4.67. The van der Waals surface area contributed by atoms with Gasteiger partial charge in [-0.05, 0) is 13.3 Å². The molecular formula is C10H14NO2Y-. The first kappa shape index (κ1) is 12.2. The van der Waals surface area contributed by atoms with Crippen LogP contribution in [0.25, 0.3) is 0 Å². The van der Waals surface area contributed by atoms with E-state index in [1.54, 1.807) is 11.8 Å². The largest absolute Gasteiger partial charge is 0.509 e. The zero-order chi connectivity index (χ0) is 9.64. The van der Waals surface area contributed by atoms with E-state index in [1.165, 1.54) is 0 Å². The van der Waals surface area contributed by atoms with Crippen molar-refractivity contribution >= 4 is 5.91 Å². The van der Waals surface area contributed by atoms with Gasteiger partial charge in [-0.2, -0.15) is 0 Å². The quantitative estimate of drug-likeness (QED) is 0.731. The van der Waals surface area contributed by atoms with Crippen LogP contribution in [0.15, 0.2) is 11.3 Å². The molecule has 1 radical (unpaired) electrons. The van der Waals surface area contributed by atoms with Crippen LogP contribution < -0.4 is 0 Å². The number of carbonyl (C=O) groups is 1. The second-order valence-electron chi connectivity index (χ2n) is 3.77. The molecule has 1 N–H and O–H groups in total. The van der Waals surface area contributed by atoms with Crippen molar-refractivity contribution in [3.05, 3.63) is 17.8 Å². The first-order valence-electron chi connectivity index (χ1n) is 4.67. The molecule has 0 aromatic carbocycles. The third-order valence-corrected chi connectivity index (χ3v) is 3.26. The predicted octanol–water partition coefficient (Wildman–Crippen LogP) is 1.41. The maximum Gasteiger partial charge on any atom is 0.251 e. The van der Waals surface area contributed by atoms with Gasteiger partial charge in [0.05, 0.1) is 11.1 Å². The van der Waals surface area contributed by atoms with E-state index in [0.717, 1.165) is 12.8 Å². The number of aliphatic hydroxyl groups is 1. The average molecular weight is 269 g/mol. The van der Waals surface area contributed by atoms with Crippen LogP contribution in [0.5, 0.6) is 0 Å². The Bertz CT molecular complexity index is 300. The SMILES string of the molecule is CCC12C[CH-]CN1C(=O)C(C)=C2O.[Y]. The summed E-state index contributed by atoms with van der Waals surface area (Å²) < 4.78 is 0. The maximum absolute atomic E-state index is 11.6. The van der Waals surface area contributed by atoms with E-state index in [2.05, 4.69) is 6.42 Å². The van der Waals surface area contributed by atoms with Gasteiger partial charge in [0.2, 0.25) is 0 Å². The number of fused-ring (bicyclic) bond motifs is 1. The van der Waals surface area contributed by atoms with Crippen LogP contribution in [0.3, 0.4) is 0 Å². The molecule has 0 saturated carbocycles. The number of hydrogen-bond acceptors (Lipinski definition) is 2. The predicted molar refractivity (Wildman–Crippen MR) is 49.0 cm³/mol. The third kappa shape index (κ3) is 1.29. The van der Waals surface area contributed by atoms with E-state index >= 15 is 0 Å². The molecule has 0 aliphatic carbocycles. The summed E-state index contributed by atoms with van der Waals surface area (Å²) in [6, 6.07) is 0. The van der Waals surface area contributed by atoms with Gasteiger partial charge >= 0.3 is 0 Å². The Kier molecular flexibility index (Phi) is 3.42. The van der Waals surface area contributed by atoms with Crippen LogP contribution in [-0.4, -0.2) is 28.0 Å². The number of rotatable bonds is 1. The molecule has 2 rings (SSSR count). The number of hydrogen-bond donors (Lipinski definition) is 1. The summed E-state index contributed by atoms with van der Waals surface area (Å²) in [4.78, 5) is 13.4. The zero-order valence-corrected chi connectivity index (χ0v) is 11.4. The van der Waals surface area contributed by atoms with Crippen LogP contribution >= 0.6 is 0 Å². The van der Waals surface area contributed by atoms with Crippen molar-refractivity contribution < 1.29 is 42.6 Å². The van der Waals surface area contributed by atoms with E-state index in [9.17, 15) is 9.90 Å². The van der Waals surface area contributed by atoms with Gasteiger partial charge in [0.25, 0.3) is 5.91 Å². The molecule has 1 amide bonds. The van der Waals surface area contributed by atoms with Gasteiger partial charge in [-0.3, -0.25) is 4.79 Å². The summed E-state index contributed by atoms with van der Waals surface area (Å²) in [5, 5.41) is 9.89. The van der Waals surface area contributed by atoms with Crippen molar-refractivity contribution in [1.29, 1.82) is 0 Å². The molecule has 1 saturated heterocycles. The minimum atomic E-state index is -0.388. The molecule has 0 aromatic rings. The van der Waals surface area contributed by atoms with Crippen LogP contribution in [0.4, 0.5) is 0 Å². The number of aliphatic hydroxyl groups excluding tert-OH is 1.